The zero-order valence-corrected chi connectivity index (χ0v) is 12.1. The van der Waals surface area contributed by atoms with Crippen LogP contribution in [0.15, 0.2) is 30.6 Å². The van der Waals surface area contributed by atoms with Crippen LogP contribution in [0.4, 0.5) is 10.3 Å². The number of hydrogen-bond acceptors (Lipinski definition) is 5. The van der Waals surface area contributed by atoms with Gasteiger partial charge in [0.25, 0.3) is 0 Å². The van der Waals surface area contributed by atoms with Gasteiger partial charge in [0.05, 0.1) is 6.61 Å². The van der Waals surface area contributed by atoms with Crippen LogP contribution in [0.1, 0.15) is 18.4 Å². The van der Waals surface area contributed by atoms with Crippen LogP contribution in [0.3, 0.4) is 0 Å². The Balaban J connectivity index is 1.84. The Bertz CT molecular complexity index is 677. The predicted molar refractivity (Wildman–Crippen MR) is 82.5 cm³/mol. The second-order valence-corrected chi connectivity index (χ2v) is 5.30. The van der Waals surface area contributed by atoms with E-state index in [9.17, 15) is 4.39 Å². The van der Waals surface area contributed by atoms with Gasteiger partial charge in [0.2, 0.25) is 5.95 Å². The lowest BCUT2D eigenvalue weighted by molar-refractivity contribution is 0.276. The quantitative estimate of drug-likeness (QED) is 0.913. The standard InChI is InChI=1S/C16H17FN4O/c17-15-11(10-22)2-1-3-14(15)12-8-19-16(20-9-12)21-6-4-13(18)5-7-21/h1-3,8-9,18,22H,4-7,10H2. The number of nitrogens with one attached hydrogen (secondary N) is 1. The lowest BCUT2D eigenvalue weighted by atomic mass is 10.1. The Kier molecular flexibility index (Phi) is 4.11. The molecule has 0 aliphatic carbocycles. The summed E-state index contributed by atoms with van der Waals surface area (Å²) < 4.78 is 14.2. The fourth-order valence-corrected chi connectivity index (χ4v) is 2.53. The van der Waals surface area contributed by atoms with Gasteiger partial charge in [0.1, 0.15) is 5.82 Å². The number of anilines is 1. The summed E-state index contributed by atoms with van der Waals surface area (Å²) in [5, 5.41) is 16.8. The molecule has 0 radical (unpaired) electrons. The number of benzene rings is 1. The van der Waals surface area contributed by atoms with E-state index in [1.807, 2.05) is 4.90 Å². The van der Waals surface area contributed by atoms with Crippen molar-refractivity contribution in [2.75, 3.05) is 18.0 Å². The molecule has 6 heteroatoms. The first-order valence-corrected chi connectivity index (χ1v) is 7.21. The van der Waals surface area contributed by atoms with E-state index in [2.05, 4.69) is 9.97 Å². The van der Waals surface area contributed by atoms with Crippen LogP contribution in [0.25, 0.3) is 11.1 Å². The van der Waals surface area contributed by atoms with Crippen LogP contribution in [0.2, 0.25) is 0 Å². The lowest BCUT2D eigenvalue weighted by Crippen LogP contribution is -2.34. The molecule has 0 saturated carbocycles. The summed E-state index contributed by atoms with van der Waals surface area (Å²) in [7, 11) is 0. The molecule has 2 aromatic rings. The minimum absolute atomic E-state index is 0.260. The third kappa shape index (κ3) is 2.82. The highest BCUT2D eigenvalue weighted by molar-refractivity contribution is 5.83. The molecule has 3 rings (SSSR count). The Morgan fingerprint density at radius 3 is 2.50 bits per heavy atom. The molecule has 0 unspecified atom stereocenters. The molecular weight excluding hydrogens is 283 g/mol. The van der Waals surface area contributed by atoms with Crippen LogP contribution in [0.5, 0.6) is 0 Å². The number of rotatable bonds is 3. The van der Waals surface area contributed by atoms with Crippen LogP contribution < -0.4 is 4.90 Å². The third-order valence-electron chi connectivity index (χ3n) is 3.85. The highest BCUT2D eigenvalue weighted by Crippen LogP contribution is 2.25. The van der Waals surface area contributed by atoms with E-state index in [-0.39, 0.29) is 12.2 Å². The van der Waals surface area contributed by atoms with E-state index in [0.29, 0.717) is 17.1 Å². The van der Waals surface area contributed by atoms with Crippen LogP contribution in [-0.4, -0.2) is 33.9 Å². The Labute approximate surface area is 128 Å². The fraction of sp³-hybridized carbons (Fsp3) is 0.312. The van der Waals surface area contributed by atoms with Gasteiger partial charge >= 0.3 is 0 Å². The van der Waals surface area contributed by atoms with Gasteiger partial charge in [0, 0.05) is 60.7 Å². The van der Waals surface area contributed by atoms with E-state index in [4.69, 9.17) is 10.5 Å². The van der Waals surface area contributed by atoms with E-state index in [1.165, 1.54) is 0 Å². The second kappa shape index (κ2) is 6.19. The molecule has 1 aromatic heterocycles. The maximum Gasteiger partial charge on any atom is 0.225 e. The van der Waals surface area contributed by atoms with Crippen LogP contribution in [0, 0.1) is 11.2 Å². The van der Waals surface area contributed by atoms with Gasteiger partial charge < -0.3 is 15.4 Å². The molecule has 114 valence electrons. The van der Waals surface area contributed by atoms with Crippen LogP contribution in [-0.2, 0) is 6.61 Å². The van der Waals surface area contributed by atoms with Crippen molar-refractivity contribution in [2.45, 2.75) is 19.4 Å². The van der Waals surface area contributed by atoms with Crippen molar-refractivity contribution in [1.29, 1.82) is 5.41 Å². The van der Waals surface area contributed by atoms with Gasteiger partial charge in [-0.25, -0.2) is 14.4 Å². The maximum atomic E-state index is 14.2. The Morgan fingerprint density at radius 2 is 1.86 bits per heavy atom. The first kappa shape index (κ1) is 14.6. The SMILES string of the molecule is N=C1CCN(c2ncc(-c3cccc(CO)c3F)cn2)CC1. The molecule has 1 fully saturated rings. The van der Waals surface area contributed by atoms with Gasteiger partial charge in [-0.1, -0.05) is 18.2 Å². The van der Waals surface area contributed by atoms with Crippen molar-refractivity contribution in [3.63, 3.8) is 0 Å². The molecule has 0 amide bonds. The number of aromatic nitrogens is 2. The maximum absolute atomic E-state index is 14.2. The highest BCUT2D eigenvalue weighted by Gasteiger charge is 2.17. The average molecular weight is 300 g/mol. The summed E-state index contributed by atoms with van der Waals surface area (Å²) in [4.78, 5) is 10.7. The summed E-state index contributed by atoms with van der Waals surface area (Å²) in [6, 6.07) is 4.90. The largest absolute Gasteiger partial charge is 0.392 e. The highest BCUT2D eigenvalue weighted by atomic mass is 19.1. The second-order valence-electron chi connectivity index (χ2n) is 5.30. The van der Waals surface area contributed by atoms with Crippen molar-refractivity contribution in [1.82, 2.24) is 9.97 Å². The van der Waals surface area contributed by atoms with Gasteiger partial charge in [-0.05, 0) is 0 Å². The van der Waals surface area contributed by atoms with Crippen molar-refractivity contribution in [3.8, 4) is 11.1 Å². The minimum Gasteiger partial charge on any atom is -0.392 e. The number of halogens is 1. The molecule has 2 N–H and O–H groups in total. The number of aliphatic hydroxyl groups is 1. The summed E-state index contributed by atoms with van der Waals surface area (Å²) in [5.41, 5.74) is 1.99. The normalized spacial score (nSPS) is 15.2. The summed E-state index contributed by atoms with van der Waals surface area (Å²) in [6.45, 7) is 1.15. The molecule has 0 spiro atoms. The molecule has 22 heavy (non-hydrogen) atoms. The molecule has 1 aliphatic rings. The van der Waals surface area contributed by atoms with E-state index < -0.39 is 5.82 Å². The molecular formula is C16H17FN4O. The Hall–Kier alpha value is -2.34. The number of hydrogen-bond donors (Lipinski definition) is 2. The number of nitrogens with zero attached hydrogens (tertiary/aromatic N) is 3. The minimum atomic E-state index is -0.437. The smallest absolute Gasteiger partial charge is 0.225 e. The molecule has 2 heterocycles. The van der Waals surface area contributed by atoms with Gasteiger partial charge in [-0.2, -0.15) is 0 Å². The first-order chi connectivity index (χ1) is 10.7. The average Bonchev–Trinajstić information content (AvgIpc) is 2.56. The zero-order chi connectivity index (χ0) is 15.5. The van der Waals surface area contributed by atoms with E-state index in [1.54, 1.807) is 30.6 Å². The summed E-state index contributed by atoms with van der Waals surface area (Å²) in [5.74, 6) is 0.169. The Morgan fingerprint density at radius 1 is 1.18 bits per heavy atom. The van der Waals surface area contributed by atoms with E-state index in [0.717, 1.165) is 31.6 Å². The van der Waals surface area contributed by atoms with Crippen molar-refractivity contribution in [2.24, 2.45) is 0 Å². The predicted octanol–water partition coefficient (Wildman–Crippen LogP) is 2.39. The van der Waals surface area contributed by atoms with Crippen molar-refractivity contribution >= 4 is 11.7 Å². The van der Waals surface area contributed by atoms with Crippen molar-refractivity contribution < 1.29 is 9.50 Å². The fourth-order valence-electron chi connectivity index (χ4n) is 2.53. The summed E-state index contributed by atoms with van der Waals surface area (Å²) >= 11 is 0. The van der Waals surface area contributed by atoms with Crippen LogP contribution >= 0.6 is 0 Å². The molecule has 1 aromatic carbocycles. The molecule has 5 nitrogen and oxygen atoms in total. The molecule has 0 bridgehead atoms. The summed E-state index contributed by atoms with van der Waals surface area (Å²) in [6.07, 6.45) is 4.67. The van der Waals surface area contributed by atoms with Gasteiger partial charge in [0.15, 0.2) is 0 Å². The molecule has 0 atom stereocenters. The molecule has 1 aliphatic heterocycles. The third-order valence-corrected chi connectivity index (χ3v) is 3.85. The zero-order valence-electron chi connectivity index (χ0n) is 12.1. The molecule has 1 saturated heterocycles. The van der Waals surface area contributed by atoms with Crippen molar-refractivity contribution in [3.05, 3.63) is 42.0 Å². The lowest BCUT2D eigenvalue weighted by Gasteiger charge is -2.27. The van der Waals surface area contributed by atoms with Gasteiger partial charge in [-0.15, -0.1) is 0 Å². The van der Waals surface area contributed by atoms with E-state index >= 15 is 0 Å². The number of piperidine rings is 1. The monoisotopic (exact) mass is 300 g/mol. The topological polar surface area (TPSA) is 73.1 Å². The van der Waals surface area contributed by atoms with Gasteiger partial charge in [-0.3, -0.25) is 0 Å². The number of aliphatic hydroxyl groups excluding tert-OH is 1. The first-order valence-electron chi connectivity index (χ1n) is 7.21.